The molecule has 0 bridgehead atoms. The normalized spacial score (nSPS) is 10.6. The second kappa shape index (κ2) is 7.49. The maximum atomic E-state index is 5.90. The number of halogens is 1. The van der Waals surface area contributed by atoms with Gasteiger partial charge in [0.25, 0.3) is 0 Å². The lowest BCUT2D eigenvalue weighted by molar-refractivity contribution is 0.482. The fourth-order valence-electron chi connectivity index (χ4n) is 2.12. The zero-order valence-corrected chi connectivity index (χ0v) is 13.7. The van der Waals surface area contributed by atoms with E-state index in [4.69, 9.17) is 4.74 Å². The van der Waals surface area contributed by atoms with Gasteiger partial charge in [-0.1, -0.05) is 47.5 Å². The highest BCUT2D eigenvalue weighted by Gasteiger charge is 2.02. The molecule has 0 fully saturated rings. The molecule has 1 nitrogen and oxygen atoms in total. The Hall–Kier alpha value is -1.28. The van der Waals surface area contributed by atoms with E-state index in [9.17, 15) is 0 Å². The van der Waals surface area contributed by atoms with E-state index in [1.807, 2.05) is 6.07 Å². The van der Waals surface area contributed by atoms with Crippen molar-refractivity contribution >= 4 is 15.9 Å². The van der Waals surface area contributed by atoms with Crippen molar-refractivity contribution in [2.45, 2.75) is 38.4 Å². The topological polar surface area (TPSA) is 9.23 Å². The third-order valence-electron chi connectivity index (χ3n) is 3.44. The first-order valence-electron chi connectivity index (χ1n) is 7.15. The van der Waals surface area contributed by atoms with Gasteiger partial charge >= 0.3 is 0 Å². The third kappa shape index (κ3) is 4.11. The van der Waals surface area contributed by atoms with Crippen LogP contribution < -0.4 is 4.74 Å². The Morgan fingerprint density at radius 3 is 2.30 bits per heavy atom. The van der Waals surface area contributed by atoms with Crippen LogP contribution in [0.4, 0.5) is 0 Å². The lowest BCUT2D eigenvalue weighted by Crippen LogP contribution is -1.89. The highest BCUT2D eigenvalue weighted by Crippen LogP contribution is 2.25. The molecular formula is C18H21BrO. The van der Waals surface area contributed by atoms with E-state index in [0.717, 1.165) is 23.2 Å². The molecule has 0 aromatic heterocycles. The number of ether oxygens (including phenoxy) is 1. The fourth-order valence-corrected chi connectivity index (χ4v) is 2.75. The Kier molecular flexibility index (Phi) is 5.66. The van der Waals surface area contributed by atoms with Crippen LogP contribution in [0.15, 0.2) is 42.5 Å². The van der Waals surface area contributed by atoms with Crippen LogP contribution in [0.25, 0.3) is 0 Å². The monoisotopic (exact) mass is 332 g/mol. The molecule has 0 aliphatic carbocycles. The van der Waals surface area contributed by atoms with Gasteiger partial charge in [-0.2, -0.15) is 0 Å². The van der Waals surface area contributed by atoms with Crippen molar-refractivity contribution in [3.63, 3.8) is 0 Å². The summed E-state index contributed by atoms with van der Waals surface area (Å²) in [5.74, 6) is 1.80. The van der Waals surface area contributed by atoms with Gasteiger partial charge in [-0.3, -0.25) is 0 Å². The predicted molar refractivity (Wildman–Crippen MR) is 88.9 cm³/mol. The van der Waals surface area contributed by atoms with Crippen LogP contribution in [0, 0.1) is 6.92 Å². The average Bonchev–Trinajstić information content (AvgIpc) is 2.47. The van der Waals surface area contributed by atoms with Crippen molar-refractivity contribution < 1.29 is 4.74 Å². The molecule has 0 heterocycles. The highest BCUT2D eigenvalue weighted by molar-refractivity contribution is 9.08. The van der Waals surface area contributed by atoms with Crippen LogP contribution >= 0.6 is 15.9 Å². The molecule has 0 radical (unpaired) electrons. The second-order valence-electron chi connectivity index (χ2n) is 5.07. The van der Waals surface area contributed by atoms with E-state index < -0.39 is 0 Å². The van der Waals surface area contributed by atoms with Crippen LogP contribution in [-0.4, -0.2) is 0 Å². The van der Waals surface area contributed by atoms with Crippen LogP contribution in [0.2, 0.25) is 0 Å². The first-order chi connectivity index (χ1) is 9.72. The van der Waals surface area contributed by atoms with E-state index in [1.165, 1.54) is 29.5 Å². The van der Waals surface area contributed by atoms with Crippen molar-refractivity contribution in [3.05, 3.63) is 59.2 Å². The molecule has 0 atom stereocenters. The Labute approximate surface area is 130 Å². The molecule has 2 aromatic rings. The Morgan fingerprint density at radius 1 is 1.00 bits per heavy atom. The van der Waals surface area contributed by atoms with E-state index in [2.05, 4.69) is 66.2 Å². The van der Waals surface area contributed by atoms with Crippen molar-refractivity contribution in [2.24, 2.45) is 0 Å². The van der Waals surface area contributed by atoms with Gasteiger partial charge in [-0.15, -0.1) is 0 Å². The molecule has 0 spiro atoms. The van der Waals surface area contributed by atoms with Crippen molar-refractivity contribution in [1.29, 1.82) is 0 Å². The number of aryl methyl sites for hydroxylation is 2. The molecule has 2 heteroatoms. The predicted octanol–water partition coefficient (Wildman–Crippen LogP) is 6.02. The molecule has 2 rings (SSSR count). The van der Waals surface area contributed by atoms with Crippen LogP contribution in [0.5, 0.6) is 11.5 Å². The Morgan fingerprint density at radius 2 is 1.70 bits per heavy atom. The molecule has 0 aliphatic heterocycles. The lowest BCUT2D eigenvalue weighted by atomic mass is 10.1. The van der Waals surface area contributed by atoms with Crippen LogP contribution in [0.1, 0.15) is 36.5 Å². The minimum atomic E-state index is 0.880. The van der Waals surface area contributed by atoms with Gasteiger partial charge in [0.2, 0.25) is 0 Å². The smallest absolute Gasteiger partial charge is 0.127 e. The summed E-state index contributed by atoms with van der Waals surface area (Å²) < 4.78 is 5.90. The number of rotatable bonds is 6. The van der Waals surface area contributed by atoms with Gasteiger partial charge in [0, 0.05) is 5.33 Å². The van der Waals surface area contributed by atoms with Crippen LogP contribution in [-0.2, 0) is 11.8 Å². The molecule has 0 unspecified atom stereocenters. The van der Waals surface area contributed by atoms with Gasteiger partial charge in [0.1, 0.15) is 11.5 Å². The quantitative estimate of drug-likeness (QED) is 0.587. The SMILES string of the molecule is CCCCc1ccc(Oc2ccc(CBr)c(C)c2)cc1. The van der Waals surface area contributed by atoms with Crippen molar-refractivity contribution in [1.82, 2.24) is 0 Å². The number of hydrogen-bond acceptors (Lipinski definition) is 1. The first-order valence-corrected chi connectivity index (χ1v) is 8.27. The summed E-state index contributed by atoms with van der Waals surface area (Å²) in [4.78, 5) is 0. The molecule has 106 valence electrons. The zero-order chi connectivity index (χ0) is 14.4. The first kappa shape index (κ1) is 15.1. The molecule has 0 saturated carbocycles. The third-order valence-corrected chi connectivity index (χ3v) is 4.04. The fraction of sp³-hybridized carbons (Fsp3) is 0.333. The zero-order valence-electron chi connectivity index (χ0n) is 12.2. The number of benzene rings is 2. The molecule has 2 aromatic carbocycles. The summed E-state index contributed by atoms with van der Waals surface area (Å²) in [7, 11) is 0. The average molecular weight is 333 g/mol. The molecular weight excluding hydrogens is 312 g/mol. The number of unbranched alkanes of at least 4 members (excludes halogenated alkanes) is 1. The maximum Gasteiger partial charge on any atom is 0.127 e. The van der Waals surface area contributed by atoms with E-state index >= 15 is 0 Å². The molecule has 20 heavy (non-hydrogen) atoms. The van der Waals surface area contributed by atoms with Crippen LogP contribution in [0.3, 0.4) is 0 Å². The summed E-state index contributed by atoms with van der Waals surface area (Å²) in [6.45, 7) is 4.33. The van der Waals surface area contributed by atoms with Gasteiger partial charge in [-0.05, 0) is 60.7 Å². The molecule has 0 amide bonds. The van der Waals surface area contributed by atoms with Crippen molar-refractivity contribution in [2.75, 3.05) is 0 Å². The summed E-state index contributed by atoms with van der Waals surface area (Å²) in [6.07, 6.45) is 3.63. The van der Waals surface area contributed by atoms with Gasteiger partial charge in [-0.25, -0.2) is 0 Å². The lowest BCUT2D eigenvalue weighted by Gasteiger charge is -2.09. The Bertz CT molecular complexity index is 546. The summed E-state index contributed by atoms with van der Waals surface area (Å²) >= 11 is 3.49. The molecule has 0 saturated heterocycles. The molecule has 0 N–H and O–H groups in total. The summed E-state index contributed by atoms with van der Waals surface area (Å²) in [5, 5.41) is 0.880. The van der Waals surface area contributed by atoms with E-state index in [0.29, 0.717) is 0 Å². The minimum absolute atomic E-state index is 0.880. The minimum Gasteiger partial charge on any atom is -0.457 e. The van der Waals surface area contributed by atoms with Gasteiger partial charge in [0.05, 0.1) is 0 Å². The number of alkyl halides is 1. The molecule has 0 aliphatic rings. The van der Waals surface area contributed by atoms with E-state index in [1.54, 1.807) is 0 Å². The van der Waals surface area contributed by atoms with Gasteiger partial charge < -0.3 is 4.74 Å². The van der Waals surface area contributed by atoms with Gasteiger partial charge in [0.15, 0.2) is 0 Å². The summed E-state index contributed by atoms with van der Waals surface area (Å²) in [6, 6.07) is 14.6. The maximum absolute atomic E-state index is 5.90. The summed E-state index contributed by atoms with van der Waals surface area (Å²) in [5.41, 5.74) is 3.93. The highest BCUT2D eigenvalue weighted by atomic mass is 79.9. The number of hydrogen-bond donors (Lipinski definition) is 0. The Balaban J connectivity index is 2.04. The van der Waals surface area contributed by atoms with E-state index in [-0.39, 0.29) is 0 Å². The second-order valence-corrected chi connectivity index (χ2v) is 5.63. The largest absolute Gasteiger partial charge is 0.457 e. The van der Waals surface area contributed by atoms with Crippen molar-refractivity contribution in [3.8, 4) is 11.5 Å². The standard InChI is InChI=1S/C18H21BrO/c1-3-4-5-15-6-9-17(10-7-15)20-18-11-8-16(13-19)14(2)12-18/h6-12H,3-5,13H2,1-2H3.